The maximum atomic E-state index is 7.23. The quantitative estimate of drug-likeness (QED) is 0.291. The number of thiol groups is 1. The predicted molar refractivity (Wildman–Crippen MR) is 78.4 cm³/mol. The number of benzene rings is 2. The third kappa shape index (κ3) is 10.2. The van der Waals surface area contributed by atoms with Gasteiger partial charge in [-0.2, -0.15) is 0 Å². The van der Waals surface area contributed by atoms with E-state index in [9.17, 15) is 0 Å². The first kappa shape index (κ1) is 18.7. The summed E-state index contributed by atoms with van der Waals surface area (Å²) in [7, 11) is -5.24. The minimum absolute atomic E-state index is 1.04. The largest absolute Gasteiger partial charge is 0.328 e. The van der Waals surface area contributed by atoms with E-state index in [-0.39, 0.29) is 0 Å². The molecule has 2 aromatic carbocycles. The molecule has 0 aliphatic heterocycles. The van der Waals surface area contributed by atoms with Crippen LogP contribution in [0.15, 0.2) is 47.4 Å². The Morgan fingerprint density at radius 3 is 1.58 bits per heavy atom. The molecule has 0 radical (unpaired) electrons. The fourth-order valence-electron chi connectivity index (χ4n) is 1.21. The molecule has 9 heteroatoms. The molecule has 0 fully saturated rings. The molecule has 0 aliphatic rings. The number of hydrogen-bond donors (Lipinski definition) is 7. The molecular weight excluding hydrogens is 310 g/mol. The zero-order valence-electron chi connectivity index (χ0n) is 9.57. The van der Waals surface area contributed by atoms with Gasteiger partial charge in [0.2, 0.25) is 0 Å². The van der Waals surface area contributed by atoms with Crippen molar-refractivity contribution < 1.29 is 29.4 Å². The Kier molecular flexibility index (Phi) is 10.3. The van der Waals surface area contributed by atoms with Gasteiger partial charge in [0.1, 0.15) is 0 Å². The van der Waals surface area contributed by atoms with Gasteiger partial charge in [-0.15, -0.1) is 12.6 Å². The monoisotopic (exact) mass is 324 g/mol. The molecule has 0 bridgehead atoms. The highest BCUT2D eigenvalue weighted by Gasteiger charge is 1.92. The predicted octanol–water partition coefficient (Wildman–Crippen LogP) is 1.51. The number of rotatable bonds is 0. The van der Waals surface area contributed by atoms with Crippen molar-refractivity contribution in [3.05, 3.63) is 42.5 Å². The van der Waals surface area contributed by atoms with Crippen LogP contribution in [0.4, 0.5) is 0 Å². The fourth-order valence-corrected chi connectivity index (χ4v) is 1.50. The summed E-state index contributed by atoms with van der Waals surface area (Å²) in [5, 5.41) is 2.47. The molecule has 2 aromatic rings. The van der Waals surface area contributed by atoms with Gasteiger partial charge in [-0.05, 0) is 16.8 Å². The van der Waals surface area contributed by atoms with E-state index in [0.29, 0.717) is 0 Å². The van der Waals surface area contributed by atoms with Crippen molar-refractivity contribution >= 4 is 40.6 Å². The molecule has 2 rings (SSSR count). The Morgan fingerprint density at radius 1 is 0.684 bits per heavy atom. The van der Waals surface area contributed by atoms with Crippen LogP contribution in [0.25, 0.3) is 10.8 Å². The zero-order chi connectivity index (χ0) is 14.8. The van der Waals surface area contributed by atoms with Gasteiger partial charge in [0.15, 0.2) is 0 Å². The van der Waals surface area contributed by atoms with Crippen LogP contribution in [0.5, 0.6) is 0 Å². The summed E-state index contributed by atoms with van der Waals surface area (Å²) in [4.78, 5) is 44.4. The molecule has 0 saturated carbocycles. The van der Waals surface area contributed by atoms with Crippen molar-refractivity contribution in [1.82, 2.24) is 0 Å². The van der Waals surface area contributed by atoms with E-state index in [1.54, 1.807) is 0 Å². The molecule has 0 amide bonds. The average Bonchev–Trinajstić information content (AvgIpc) is 2.28. The summed E-state index contributed by atoms with van der Waals surface area (Å²) < 4.78 is 0. The minimum atomic E-state index is -2.62. The summed E-state index contributed by atoms with van der Waals surface area (Å²) in [5.74, 6) is 0. The molecule has 0 saturated heterocycles. The summed E-state index contributed by atoms with van der Waals surface area (Å²) in [6, 6.07) is 14.4. The molecule has 0 unspecified atom stereocenters. The normalized spacial score (nSPS) is 9.74. The Morgan fingerprint density at radius 2 is 1.11 bits per heavy atom. The Labute approximate surface area is 118 Å². The summed E-state index contributed by atoms with van der Waals surface area (Å²) >= 11 is 4.35. The van der Waals surface area contributed by atoms with E-state index < -0.39 is 17.2 Å². The maximum Gasteiger partial charge on any atom is 0.324 e. The second-order valence-corrected chi connectivity index (χ2v) is 4.59. The summed E-state index contributed by atoms with van der Waals surface area (Å²) in [5.41, 5.74) is 0. The molecular formula is C10H14O6P2S. The molecule has 106 valence electrons. The van der Waals surface area contributed by atoms with Gasteiger partial charge in [0, 0.05) is 4.90 Å². The van der Waals surface area contributed by atoms with E-state index in [0.717, 1.165) is 4.90 Å². The molecule has 0 heterocycles. The van der Waals surface area contributed by atoms with Gasteiger partial charge >= 0.3 is 17.2 Å². The molecule has 0 spiro atoms. The Balaban J connectivity index is 0.000000342. The third-order valence-corrected chi connectivity index (χ3v) is 2.16. The topological polar surface area (TPSA) is 121 Å². The highest BCUT2D eigenvalue weighted by Crippen LogP contribution is 2.20. The van der Waals surface area contributed by atoms with Gasteiger partial charge in [-0.1, -0.05) is 36.4 Å². The second-order valence-electron chi connectivity index (χ2n) is 3.03. The van der Waals surface area contributed by atoms with Crippen molar-refractivity contribution in [1.29, 1.82) is 0 Å². The van der Waals surface area contributed by atoms with Crippen LogP contribution >= 0.6 is 29.8 Å². The van der Waals surface area contributed by atoms with Crippen LogP contribution in [0.2, 0.25) is 0 Å². The molecule has 6 N–H and O–H groups in total. The van der Waals surface area contributed by atoms with Crippen LogP contribution < -0.4 is 0 Å². The third-order valence-electron chi connectivity index (χ3n) is 1.77. The van der Waals surface area contributed by atoms with Crippen LogP contribution in [0.3, 0.4) is 0 Å². The standard InChI is InChI=1S/C10H8S.2H3O3P/c11-10-7-3-5-8-4-1-2-6-9(8)10;2*1-4(2)3/h1-7,11H;2*1-3H. The van der Waals surface area contributed by atoms with Gasteiger partial charge in [0.05, 0.1) is 0 Å². The molecule has 19 heavy (non-hydrogen) atoms. The maximum absolute atomic E-state index is 7.23. The van der Waals surface area contributed by atoms with Gasteiger partial charge in [-0.3, -0.25) is 0 Å². The van der Waals surface area contributed by atoms with Crippen LogP contribution in [-0.4, -0.2) is 29.4 Å². The lowest BCUT2D eigenvalue weighted by atomic mass is 10.1. The fraction of sp³-hybridized carbons (Fsp3) is 0. The van der Waals surface area contributed by atoms with Crippen molar-refractivity contribution in [2.24, 2.45) is 0 Å². The SMILES string of the molecule is OP(O)O.OP(O)O.Sc1cccc2ccccc12. The van der Waals surface area contributed by atoms with E-state index >= 15 is 0 Å². The van der Waals surface area contributed by atoms with E-state index in [1.165, 1.54) is 10.8 Å². The lowest BCUT2D eigenvalue weighted by molar-refractivity contribution is 0.366. The molecule has 6 nitrogen and oxygen atoms in total. The first-order valence-corrected chi connectivity index (χ1v) is 7.59. The van der Waals surface area contributed by atoms with Crippen molar-refractivity contribution in [3.8, 4) is 0 Å². The highest BCUT2D eigenvalue weighted by molar-refractivity contribution is 7.80. The van der Waals surface area contributed by atoms with Crippen LogP contribution in [0.1, 0.15) is 0 Å². The summed E-state index contributed by atoms with van der Waals surface area (Å²) in [6.07, 6.45) is 0. The first-order chi connectivity index (χ1) is 8.84. The van der Waals surface area contributed by atoms with E-state index in [1.807, 2.05) is 24.3 Å². The van der Waals surface area contributed by atoms with Crippen LogP contribution in [0, 0.1) is 0 Å². The minimum Gasteiger partial charge on any atom is -0.328 e. The van der Waals surface area contributed by atoms with Gasteiger partial charge in [0.25, 0.3) is 0 Å². The zero-order valence-corrected chi connectivity index (χ0v) is 12.2. The van der Waals surface area contributed by atoms with Crippen molar-refractivity contribution in [2.45, 2.75) is 4.90 Å². The van der Waals surface area contributed by atoms with E-state index in [2.05, 4.69) is 30.8 Å². The van der Waals surface area contributed by atoms with Gasteiger partial charge < -0.3 is 29.4 Å². The smallest absolute Gasteiger partial charge is 0.324 e. The Hall–Kier alpha value is -0.330. The average molecular weight is 324 g/mol. The highest BCUT2D eigenvalue weighted by atomic mass is 32.1. The van der Waals surface area contributed by atoms with Crippen molar-refractivity contribution in [2.75, 3.05) is 0 Å². The molecule has 0 aromatic heterocycles. The van der Waals surface area contributed by atoms with Crippen LogP contribution in [-0.2, 0) is 0 Å². The lowest BCUT2D eigenvalue weighted by Crippen LogP contribution is -1.71. The number of hydrogen-bond acceptors (Lipinski definition) is 7. The lowest BCUT2D eigenvalue weighted by Gasteiger charge is -1.98. The first-order valence-electron chi connectivity index (χ1n) is 4.74. The van der Waals surface area contributed by atoms with E-state index in [4.69, 9.17) is 29.4 Å². The molecule has 0 aliphatic carbocycles. The van der Waals surface area contributed by atoms with Crippen molar-refractivity contribution in [3.63, 3.8) is 0 Å². The summed E-state index contributed by atoms with van der Waals surface area (Å²) in [6.45, 7) is 0. The van der Waals surface area contributed by atoms with Gasteiger partial charge in [-0.25, -0.2) is 0 Å². The number of fused-ring (bicyclic) bond motifs is 1. The second kappa shape index (κ2) is 10.5. The Bertz CT molecular complexity index is 466. The molecule has 0 atom stereocenters.